The summed E-state index contributed by atoms with van der Waals surface area (Å²) < 4.78 is 0. The van der Waals surface area contributed by atoms with Crippen LogP contribution in [0.15, 0.2) is 65.7 Å². The molecule has 1 aliphatic heterocycles. The van der Waals surface area contributed by atoms with E-state index < -0.39 is 11.6 Å². The molecule has 0 unspecified atom stereocenters. The van der Waals surface area contributed by atoms with Crippen molar-refractivity contribution in [3.8, 4) is 0 Å². The van der Waals surface area contributed by atoms with Crippen molar-refractivity contribution in [2.45, 2.75) is 91.8 Å². The maximum absolute atomic E-state index is 14.2. The van der Waals surface area contributed by atoms with Gasteiger partial charge in [-0.05, 0) is 84.6 Å². The average Bonchev–Trinajstić information content (AvgIpc) is 3.13. The van der Waals surface area contributed by atoms with Gasteiger partial charge in [0.1, 0.15) is 11.4 Å². The number of carbonyl (C=O) groups excluding carboxylic acids is 1. The lowest BCUT2D eigenvalue weighted by Crippen LogP contribution is -2.51. The van der Waals surface area contributed by atoms with E-state index in [4.69, 9.17) is 4.99 Å². The summed E-state index contributed by atoms with van der Waals surface area (Å²) in [7, 11) is 0. The quantitative estimate of drug-likeness (QED) is 0.394. The second-order valence-electron chi connectivity index (χ2n) is 13.6. The Kier molecular flexibility index (Phi) is 8.20. The molecule has 39 heavy (non-hydrogen) atoms. The van der Waals surface area contributed by atoms with E-state index in [9.17, 15) is 14.7 Å². The maximum atomic E-state index is 14.2. The highest BCUT2D eigenvalue weighted by atomic mass is 16.4. The van der Waals surface area contributed by atoms with Crippen molar-refractivity contribution in [3.63, 3.8) is 0 Å². The second kappa shape index (κ2) is 11.1. The van der Waals surface area contributed by atoms with Gasteiger partial charge in [0, 0.05) is 0 Å². The lowest BCUT2D eigenvalue weighted by atomic mass is 9.69. The minimum absolute atomic E-state index is 0.0300. The van der Waals surface area contributed by atoms with E-state index in [2.05, 4.69) is 46.4 Å². The van der Waals surface area contributed by atoms with Crippen LogP contribution in [0.1, 0.15) is 108 Å². The summed E-state index contributed by atoms with van der Waals surface area (Å²) >= 11 is 0. The minimum atomic E-state index is -0.946. The van der Waals surface area contributed by atoms with Crippen LogP contribution in [0.2, 0.25) is 0 Å². The first-order valence-corrected chi connectivity index (χ1v) is 14.3. The van der Waals surface area contributed by atoms with Crippen molar-refractivity contribution in [1.82, 2.24) is 4.90 Å². The molecule has 1 aliphatic carbocycles. The molecule has 0 bridgehead atoms. The standard InChI is InChI=1S/C34H44N2O3/c1-32(2,3)21-20-29(25-13-15-26(16-14-25)31(38)39)36-30(37)28(17-12-24-10-8-7-9-11-24)35-34(36)22-18-27(19-23-34)33(4,5)6/h7-17,27,29H,18-23H2,1-6H3,(H,38,39)/t27?,29-,34?/m1/s1. The van der Waals surface area contributed by atoms with Gasteiger partial charge in [-0.25, -0.2) is 4.79 Å². The number of carbonyl (C=O) groups is 2. The van der Waals surface area contributed by atoms with Crippen LogP contribution in [0.5, 0.6) is 0 Å². The summed E-state index contributed by atoms with van der Waals surface area (Å²) in [5.74, 6) is -0.390. The molecule has 5 nitrogen and oxygen atoms in total. The van der Waals surface area contributed by atoms with E-state index >= 15 is 0 Å². The highest BCUT2D eigenvalue weighted by Crippen LogP contribution is 2.50. The summed E-state index contributed by atoms with van der Waals surface area (Å²) in [6.07, 6.45) is 9.29. The van der Waals surface area contributed by atoms with Gasteiger partial charge in [0.2, 0.25) is 0 Å². The van der Waals surface area contributed by atoms with E-state index in [1.54, 1.807) is 12.1 Å². The molecule has 2 aromatic carbocycles. The van der Waals surface area contributed by atoms with Crippen molar-refractivity contribution in [3.05, 3.63) is 77.4 Å². The van der Waals surface area contributed by atoms with E-state index in [-0.39, 0.29) is 28.3 Å². The van der Waals surface area contributed by atoms with Crippen LogP contribution in [-0.2, 0) is 4.79 Å². The van der Waals surface area contributed by atoms with Crippen LogP contribution in [-0.4, -0.2) is 33.3 Å². The zero-order valence-electron chi connectivity index (χ0n) is 24.4. The molecule has 2 aromatic rings. The van der Waals surface area contributed by atoms with Gasteiger partial charge in [-0.1, -0.05) is 90.1 Å². The fraction of sp³-hybridized carbons (Fsp3) is 0.500. The van der Waals surface area contributed by atoms with Crippen molar-refractivity contribution >= 4 is 23.7 Å². The molecule has 4 rings (SSSR count). The molecule has 0 saturated heterocycles. The topological polar surface area (TPSA) is 70.0 Å². The average molecular weight is 529 g/mol. The number of rotatable bonds is 7. The number of carboxylic acids is 1. The van der Waals surface area contributed by atoms with Gasteiger partial charge in [-0.3, -0.25) is 9.79 Å². The van der Waals surface area contributed by atoms with Gasteiger partial charge < -0.3 is 10.0 Å². The normalized spacial score (nSPS) is 22.9. The summed E-state index contributed by atoms with van der Waals surface area (Å²) in [6, 6.07) is 16.9. The minimum Gasteiger partial charge on any atom is -0.478 e. The third-order valence-corrected chi connectivity index (χ3v) is 8.48. The number of aliphatic imine (C=N–C) groups is 1. The molecule has 1 atom stereocenters. The van der Waals surface area contributed by atoms with Gasteiger partial charge in [0.15, 0.2) is 0 Å². The van der Waals surface area contributed by atoms with Crippen molar-refractivity contribution in [2.24, 2.45) is 21.7 Å². The largest absolute Gasteiger partial charge is 0.478 e. The van der Waals surface area contributed by atoms with Crippen LogP contribution in [0.3, 0.4) is 0 Å². The van der Waals surface area contributed by atoms with Crippen molar-refractivity contribution in [2.75, 3.05) is 0 Å². The van der Waals surface area contributed by atoms with Gasteiger partial charge in [0.05, 0.1) is 11.6 Å². The number of aromatic carboxylic acids is 1. The summed E-state index contributed by atoms with van der Waals surface area (Å²) in [4.78, 5) is 33.1. The predicted molar refractivity (Wildman–Crippen MR) is 159 cm³/mol. The molecule has 1 heterocycles. The van der Waals surface area contributed by atoms with Gasteiger partial charge >= 0.3 is 5.97 Å². The molecule has 0 radical (unpaired) electrons. The molecule has 2 aliphatic rings. The smallest absolute Gasteiger partial charge is 0.335 e. The fourth-order valence-electron chi connectivity index (χ4n) is 6.08. The number of hydrogen-bond acceptors (Lipinski definition) is 3. The van der Waals surface area contributed by atoms with Gasteiger partial charge in [0.25, 0.3) is 5.91 Å². The molecule has 1 saturated carbocycles. The van der Waals surface area contributed by atoms with Crippen molar-refractivity contribution in [1.29, 1.82) is 0 Å². The number of amides is 1. The highest BCUT2D eigenvalue weighted by Gasteiger charge is 2.52. The first kappa shape index (κ1) is 28.8. The Morgan fingerprint density at radius 2 is 1.62 bits per heavy atom. The molecule has 0 aromatic heterocycles. The van der Waals surface area contributed by atoms with Gasteiger partial charge in [-0.2, -0.15) is 0 Å². The van der Waals surface area contributed by atoms with Crippen LogP contribution >= 0.6 is 0 Å². The first-order chi connectivity index (χ1) is 18.3. The van der Waals surface area contributed by atoms with E-state index in [1.807, 2.05) is 54.6 Å². The Morgan fingerprint density at radius 3 is 2.15 bits per heavy atom. The fourth-order valence-corrected chi connectivity index (χ4v) is 6.08. The first-order valence-electron chi connectivity index (χ1n) is 14.3. The van der Waals surface area contributed by atoms with Crippen LogP contribution in [0.25, 0.3) is 6.08 Å². The third-order valence-electron chi connectivity index (χ3n) is 8.48. The SMILES string of the molecule is CC(C)(C)CC[C@H](c1ccc(C(=O)O)cc1)N1C(=O)C(C=Cc2ccccc2)=NC12CCC(C(C)(C)C)CC2. The van der Waals surface area contributed by atoms with Crippen molar-refractivity contribution < 1.29 is 14.7 Å². The summed E-state index contributed by atoms with van der Waals surface area (Å²) in [5.41, 5.74) is 2.50. The molecule has 1 spiro atoms. The van der Waals surface area contributed by atoms with E-state index in [0.717, 1.165) is 49.7 Å². The monoisotopic (exact) mass is 528 g/mol. The summed E-state index contributed by atoms with van der Waals surface area (Å²) in [6.45, 7) is 13.6. The Bertz CT molecular complexity index is 1220. The predicted octanol–water partition coefficient (Wildman–Crippen LogP) is 8.18. The lowest BCUT2D eigenvalue weighted by molar-refractivity contribution is -0.134. The Labute approximate surface area is 234 Å². The number of carboxylic acid groups (broad SMARTS) is 1. The third kappa shape index (κ3) is 6.69. The Balaban J connectivity index is 1.75. The van der Waals surface area contributed by atoms with Crippen LogP contribution < -0.4 is 0 Å². The zero-order valence-corrected chi connectivity index (χ0v) is 24.4. The van der Waals surface area contributed by atoms with Gasteiger partial charge in [-0.15, -0.1) is 0 Å². The molecule has 208 valence electrons. The molecule has 1 amide bonds. The Hall–Kier alpha value is -3.21. The van der Waals surface area contributed by atoms with Crippen LogP contribution in [0.4, 0.5) is 0 Å². The lowest BCUT2D eigenvalue weighted by Gasteiger charge is -2.47. The number of nitrogens with zero attached hydrogens (tertiary/aromatic N) is 2. The molecular formula is C34H44N2O3. The van der Waals surface area contributed by atoms with E-state index in [0.29, 0.717) is 11.6 Å². The van der Waals surface area contributed by atoms with Crippen LogP contribution in [0, 0.1) is 16.7 Å². The Morgan fingerprint density at radius 1 is 1.00 bits per heavy atom. The van der Waals surface area contributed by atoms with E-state index in [1.165, 1.54) is 0 Å². The molecule has 1 fully saturated rings. The second-order valence-corrected chi connectivity index (χ2v) is 13.6. The number of benzene rings is 2. The molecular weight excluding hydrogens is 484 g/mol. The molecule has 1 N–H and O–H groups in total. The summed E-state index contributed by atoms with van der Waals surface area (Å²) in [5, 5.41) is 9.46. The molecule has 5 heteroatoms. The maximum Gasteiger partial charge on any atom is 0.335 e. The highest BCUT2D eigenvalue weighted by molar-refractivity contribution is 6.45. The number of hydrogen-bond donors (Lipinski definition) is 1. The zero-order chi connectivity index (χ0) is 28.4.